The third-order valence-corrected chi connectivity index (χ3v) is 6.86. The van der Waals surface area contributed by atoms with Gasteiger partial charge in [-0.1, -0.05) is 73.7 Å². The Bertz CT molecular complexity index is 960. The van der Waals surface area contributed by atoms with E-state index in [-0.39, 0.29) is 31.0 Å². The first-order valence-corrected chi connectivity index (χ1v) is 12.4. The number of aryl methyl sites for hydroxylation is 1. The highest BCUT2D eigenvalue weighted by molar-refractivity contribution is 6.42. The van der Waals surface area contributed by atoms with Crippen LogP contribution in [-0.4, -0.2) is 35.4 Å². The van der Waals surface area contributed by atoms with Crippen LogP contribution >= 0.6 is 23.2 Å². The highest BCUT2D eigenvalue weighted by atomic mass is 35.5. The lowest BCUT2D eigenvalue weighted by Crippen LogP contribution is -2.52. The number of ether oxygens (including phenoxy) is 1. The Balaban J connectivity index is 1.78. The molecule has 0 bridgehead atoms. The smallest absolute Gasteiger partial charge is 0.261 e. The lowest BCUT2D eigenvalue weighted by molar-refractivity contribution is -0.143. The lowest BCUT2D eigenvalue weighted by atomic mass is 9.95. The van der Waals surface area contributed by atoms with Crippen LogP contribution in [0.5, 0.6) is 5.75 Å². The van der Waals surface area contributed by atoms with Crippen LogP contribution in [0.3, 0.4) is 0 Å². The minimum Gasteiger partial charge on any atom is -0.484 e. The normalized spacial score (nSPS) is 15.0. The first-order valence-electron chi connectivity index (χ1n) is 11.6. The number of halogens is 2. The Morgan fingerprint density at radius 1 is 1.09 bits per heavy atom. The zero-order valence-corrected chi connectivity index (χ0v) is 20.8. The number of nitrogens with zero attached hydrogens (tertiary/aromatic N) is 1. The largest absolute Gasteiger partial charge is 0.484 e. The molecule has 1 aliphatic rings. The molecular weight excluding hydrogens is 459 g/mol. The van der Waals surface area contributed by atoms with E-state index in [2.05, 4.69) is 5.32 Å². The molecule has 33 heavy (non-hydrogen) atoms. The molecule has 3 rings (SSSR count). The first-order chi connectivity index (χ1) is 15.9. The van der Waals surface area contributed by atoms with Crippen LogP contribution in [0, 0.1) is 6.92 Å². The predicted molar refractivity (Wildman–Crippen MR) is 133 cm³/mol. The first kappa shape index (κ1) is 25.4. The molecule has 7 heteroatoms. The molecule has 1 saturated carbocycles. The Kier molecular flexibility index (Phi) is 9.45. The average molecular weight is 491 g/mol. The summed E-state index contributed by atoms with van der Waals surface area (Å²) in [6, 6.07) is 12.4. The molecule has 1 N–H and O–H groups in total. The molecule has 2 aromatic rings. The summed E-state index contributed by atoms with van der Waals surface area (Å²) < 4.78 is 5.81. The second-order valence-corrected chi connectivity index (χ2v) is 9.41. The molecule has 178 valence electrons. The van der Waals surface area contributed by atoms with Crippen LogP contribution in [-0.2, 0) is 16.1 Å². The van der Waals surface area contributed by atoms with Gasteiger partial charge in [0.25, 0.3) is 5.91 Å². The molecule has 0 radical (unpaired) electrons. The second kappa shape index (κ2) is 12.3. The van der Waals surface area contributed by atoms with E-state index in [4.69, 9.17) is 27.9 Å². The molecule has 2 aromatic carbocycles. The molecule has 0 aliphatic heterocycles. The van der Waals surface area contributed by atoms with Gasteiger partial charge in [0.1, 0.15) is 11.8 Å². The fourth-order valence-electron chi connectivity index (χ4n) is 4.24. The topological polar surface area (TPSA) is 58.6 Å². The number of benzene rings is 2. The van der Waals surface area contributed by atoms with Gasteiger partial charge in [0, 0.05) is 12.6 Å². The van der Waals surface area contributed by atoms with E-state index in [0.29, 0.717) is 22.2 Å². The maximum Gasteiger partial charge on any atom is 0.261 e. The number of hydrogen-bond donors (Lipinski definition) is 1. The van der Waals surface area contributed by atoms with Gasteiger partial charge < -0.3 is 15.0 Å². The summed E-state index contributed by atoms with van der Waals surface area (Å²) in [5, 5.41) is 4.04. The zero-order valence-electron chi connectivity index (χ0n) is 19.3. The summed E-state index contributed by atoms with van der Waals surface area (Å²) in [5.74, 6) is 0.281. The van der Waals surface area contributed by atoms with Crippen LogP contribution < -0.4 is 10.1 Å². The summed E-state index contributed by atoms with van der Waals surface area (Å²) in [5.41, 5.74) is 1.75. The second-order valence-electron chi connectivity index (χ2n) is 8.59. The number of amides is 2. The molecule has 0 heterocycles. The molecule has 0 saturated heterocycles. The maximum atomic E-state index is 13.3. The average Bonchev–Trinajstić information content (AvgIpc) is 2.81. The van der Waals surface area contributed by atoms with E-state index >= 15 is 0 Å². The third kappa shape index (κ3) is 7.12. The fourth-order valence-corrected chi connectivity index (χ4v) is 4.56. The Morgan fingerprint density at radius 3 is 2.48 bits per heavy atom. The van der Waals surface area contributed by atoms with Gasteiger partial charge in [0.15, 0.2) is 6.61 Å². The van der Waals surface area contributed by atoms with Crippen molar-refractivity contribution in [1.82, 2.24) is 10.2 Å². The Hall–Kier alpha value is -2.24. The van der Waals surface area contributed by atoms with Gasteiger partial charge in [-0.05, 0) is 55.5 Å². The minimum absolute atomic E-state index is 0.117. The third-order valence-electron chi connectivity index (χ3n) is 6.12. The SMILES string of the molecule is CCC(C(=O)NC1CCCCC1)N(Cc1ccc(Cl)c(Cl)c1)C(=O)COc1ccccc1C. The van der Waals surface area contributed by atoms with E-state index in [1.165, 1.54) is 6.42 Å². The summed E-state index contributed by atoms with van der Waals surface area (Å²) in [7, 11) is 0. The van der Waals surface area contributed by atoms with Crippen molar-refractivity contribution in [1.29, 1.82) is 0 Å². The molecule has 1 fully saturated rings. The molecule has 1 unspecified atom stereocenters. The number of rotatable bonds is 9. The van der Waals surface area contributed by atoms with E-state index in [9.17, 15) is 9.59 Å². The van der Waals surface area contributed by atoms with Gasteiger partial charge in [-0.2, -0.15) is 0 Å². The van der Waals surface area contributed by atoms with Crippen molar-refractivity contribution in [3.05, 3.63) is 63.6 Å². The van der Waals surface area contributed by atoms with Crippen molar-refractivity contribution >= 4 is 35.0 Å². The highest BCUT2D eigenvalue weighted by Crippen LogP contribution is 2.25. The number of para-hydroxylation sites is 1. The molecule has 0 aromatic heterocycles. The summed E-state index contributed by atoms with van der Waals surface area (Å²) in [6.07, 6.45) is 5.92. The van der Waals surface area contributed by atoms with Crippen LogP contribution in [0.2, 0.25) is 10.0 Å². The summed E-state index contributed by atoms with van der Waals surface area (Å²) >= 11 is 12.3. The van der Waals surface area contributed by atoms with E-state index in [1.807, 2.05) is 44.2 Å². The van der Waals surface area contributed by atoms with Gasteiger partial charge in [-0.25, -0.2) is 0 Å². The van der Waals surface area contributed by atoms with Crippen LogP contribution in [0.25, 0.3) is 0 Å². The Morgan fingerprint density at radius 2 is 1.82 bits per heavy atom. The maximum absolute atomic E-state index is 13.3. The Labute approximate surface area is 206 Å². The zero-order chi connectivity index (χ0) is 23.8. The van der Waals surface area contributed by atoms with Crippen LogP contribution in [0.1, 0.15) is 56.6 Å². The van der Waals surface area contributed by atoms with E-state index in [0.717, 1.165) is 36.8 Å². The standard InChI is InChI=1S/C26H32Cl2N2O3/c1-3-23(26(32)29-20-10-5-4-6-11-20)30(16-19-13-14-21(27)22(28)15-19)25(31)17-33-24-12-8-7-9-18(24)2/h7-9,12-15,20,23H,3-6,10-11,16-17H2,1-2H3,(H,29,32). The van der Waals surface area contributed by atoms with Crippen LogP contribution in [0.4, 0.5) is 0 Å². The minimum atomic E-state index is -0.602. The summed E-state index contributed by atoms with van der Waals surface area (Å²) in [4.78, 5) is 28.2. The number of hydrogen-bond acceptors (Lipinski definition) is 3. The van der Waals surface area contributed by atoms with E-state index < -0.39 is 6.04 Å². The van der Waals surface area contributed by atoms with E-state index in [1.54, 1.807) is 17.0 Å². The molecule has 2 amide bonds. The number of carbonyl (C=O) groups is 2. The van der Waals surface area contributed by atoms with Crippen molar-refractivity contribution < 1.29 is 14.3 Å². The fraction of sp³-hybridized carbons (Fsp3) is 0.462. The number of carbonyl (C=O) groups excluding carboxylic acids is 2. The van der Waals surface area contributed by atoms with Crippen molar-refractivity contribution in [2.75, 3.05) is 6.61 Å². The highest BCUT2D eigenvalue weighted by Gasteiger charge is 2.30. The van der Waals surface area contributed by atoms with Gasteiger partial charge >= 0.3 is 0 Å². The molecule has 0 spiro atoms. The number of nitrogens with one attached hydrogen (secondary N) is 1. The van der Waals surface area contributed by atoms with Gasteiger partial charge in [0.2, 0.25) is 5.91 Å². The van der Waals surface area contributed by atoms with Gasteiger partial charge in [0.05, 0.1) is 10.0 Å². The molecular formula is C26H32Cl2N2O3. The summed E-state index contributed by atoms with van der Waals surface area (Å²) in [6.45, 7) is 3.94. The monoisotopic (exact) mass is 490 g/mol. The van der Waals surface area contributed by atoms with Crippen LogP contribution in [0.15, 0.2) is 42.5 Å². The van der Waals surface area contributed by atoms with Gasteiger partial charge in [-0.3, -0.25) is 9.59 Å². The van der Waals surface area contributed by atoms with Crippen molar-refractivity contribution in [3.63, 3.8) is 0 Å². The van der Waals surface area contributed by atoms with Crippen molar-refractivity contribution in [2.24, 2.45) is 0 Å². The molecule has 1 aliphatic carbocycles. The van der Waals surface area contributed by atoms with Gasteiger partial charge in [-0.15, -0.1) is 0 Å². The van der Waals surface area contributed by atoms with Crippen molar-refractivity contribution in [3.8, 4) is 5.75 Å². The predicted octanol–water partition coefficient (Wildman–Crippen LogP) is 5.94. The quantitative estimate of drug-likeness (QED) is 0.473. The van der Waals surface area contributed by atoms with Crippen molar-refractivity contribution in [2.45, 2.75) is 71.0 Å². The molecule has 5 nitrogen and oxygen atoms in total. The molecule has 1 atom stereocenters. The lowest BCUT2D eigenvalue weighted by Gasteiger charge is -2.32.